The molecule has 0 radical (unpaired) electrons. The molecule has 0 saturated heterocycles. The summed E-state index contributed by atoms with van der Waals surface area (Å²) >= 11 is 0. The van der Waals surface area contributed by atoms with Gasteiger partial charge in [-0.1, -0.05) is 18.1 Å². The third kappa shape index (κ3) is 2.47. The molecule has 0 heterocycles. The van der Waals surface area contributed by atoms with Crippen LogP contribution in [0.3, 0.4) is 0 Å². The summed E-state index contributed by atoms with van der Waals surface area (Å²) in [7, 11) is 0. The van der Waals surface area contributed by atoms with Crippen molar-refractivity contribution in [2.45, 2.75) is 19.9 Å². The molecular weight excluding hydrogens is 192 g/mol. The minimum Gasteiger partial charge on any atom is -0.366 e. The number of nitrogens with zero attached hydrogens (tertiary/aromatic N) is 1. The number of hydrogen-bond donors (Lipinski definition) is 1. The Hall–Kier alpha value is -2.02. The number of anilines is 1. The highest BCUT2D eigenvalue weighted by Gasteiger charge is 2.17. The van der Waals surface area contributed by atoms with Crippen LogP contribution < -0.4 is 5.32 Å². The number of nitro benzene ring substituents is 1. The Morgan fingerprint density at radius 3 is 2.80 bits per heavy atom. The molecule has 1 aromatic carbocycles. The van der Waals surface area contributed by atoms with Gasteiger partial charge in [0, 0.05) is 5.56 Å². The molecule has 1 aromatic rings. The van der Waals surface area contributed by atoms with E-state index in [-0.39, 0.29) is 11.7 Å². The van der Waals surface area contributed by atoms with Crippen LogP contribution in [0.2, 0.25) is 0 Å². The topological polar surface area (TPSA) is 55.2 Å². The molecule has 1 N–H and O–H groups in total. The number of nitro groups is 1. The lowest BCUT2D eigenvalue weighted by molar-refractivity contribution is -0.384. The second-order valence-electron chi connectivity index (χ2n) is 3.26. The van der Waals surface area contributed by atoms with Gasteiger partial charge in [-0.2, -0.15) is 0 Å². The maximum atomic E-state index is 10.8. The van der Waals surface area contributed by atoms with E-state index in [4.69, 9.17) is 6.42 Å². The molecule has 1 rings (SSSR count). The van der Waals surface area contributed by atoms with Gasteiger partial charge in [0.05, 0.1) is 11.0 Å². The van der Waals surface area contributed by atoms with Gasteiger partial charge < -0.3 is 5.32 Å². The first-order chi connectivity index (χ1) is 7.06. The Morgan fingerprint density at radius 1 is 1.60 bits per heavy atom. The second kappa shape index (κ2) is 4.47. The second-order valence-corrected chi connectivity index (χ2v) is 3.26. The third-order valence-electron chi connectivity index (χ3n) is 2.04. The van der Waals surface area contributed by atoms with E-state index in [1.54, 1.807) is 32.0 Å². The minimum atomic E-state index is -0.402. The predicted molar refractivity (Wildman–Crippen MR) is 59.8 cm³/mol. The van der Waals surface area contributed by atoms with Crippen molar-refractivity contribution in [3.8, 4) is 12.3 Å². The molecule has 15 heavy (non-hydrogen) atoms. The fourth-order valence-electron chi connectivity index (χ4n) is 1.29. The van der Waals surface area contributed by atoms with Crippen LogP contribution in [0.4, 0.5) is 11.4 Å². The Bertz CT molecular complexity index is 421. The summed E-state index contributed by atoms with van der Waals surface area (Å²) < 4.78 is 0. The Morgan fingerprint density at radius 2 is 2.27 bits per heavy atom. The van der Waals surface area contributed by atoms with Crippen LogP contribution in [0.1, 0.15) is 12.5 Å². The smallest absolute Gasteiger partial charge is 0.295 e. The highest BCUT2D eigenvalue weighted by atomic mass is 16.6. The highest BCUT2D eigenvalue weighted by Crippen LogP contribution is 2.28. The molecule has 1 unspecified atom stereocenters. The van der Waals surface area contributed by atoms with Crippen molar-refractivity contribution in [1.82, 2.24) is 0 Å². The first kappa shape index (κ1) is 11.1. The zero-order valence-electron chi connectivity index (χ0n) is 8.65. The molecule has 4 nitrogen and oxygen atoms in total. The quantitative estimate of drug-likeness (QED) is 0.467. The van der Waals surface area contributed by atoms with Gasteiger partial charge in [0.1, 0.15) is 5.69 Å². The molecule has 1 atom stereocenters. The Balaban J connectivity index is 3.13. The first-order valence-corrected chi connectivity index (χ1v) is 4.53. The van der Waals surface area contributed by atoms with Crippen molar-refractivity contribution in [1.29, 1.82) is 0 Å². The van der Waals surface area contributed by atoms with Crippen LogP contribution in [0.25, 0.3) is 0 Å². The summed E-state index contributed by atoms with van der Waals surface area (Å²) in [5, 5.41) is 13.7. The lowest BCUT2D eigenvalue weighted by Crippen LogP contribution is -2.13. The number of rotatable bonds is 3. The third-order valence-corrected chi connectivity index (χ3v) is 2.04. The average Bonchev–Trinajstić information content (AvgIpc) is 2.17. The van der Waals surface area contributed by atoms with Crippen LogP contribution in [-0.4, -0.2) is 11.0 Å². The van der Waals surface area contributed by atoms with Gasteiger partial charge in [-0.25, -0.2) is 0 Å². The van der Waals surface area contributed by atoms with Crippen LogP contribution in [0.15, 0.2) is 18.2 Å². The van der Waals surface area contributed by atoms with Crippen molar-refractivity contribution in [3.05, 3.63) is 33.9 Å². The maximum Gasteiger partial charge on any atom is 0.295 e. The van der Waals surface area contributed by atoms with Gasteiger partial charge in [0.2, 0.25) is 0 Å². The van der Waals surface area contributed by atoms with E-state index in [9.17, 15) is 10.1 Å². The van der Waals surface area contributed by atoms with Crippen molar-refractivity contribution in [2.75, 3.05) is 5.32 Å². The fourth-order valence-corrected chi connectivity index (χ4v) is 1.29. The van der Waals surface area contributed by atoms with E-state index in [2.05, 4.69) is 11.2 Å². The molecule has 4 heteroatoms. The van der Waals surface area contributed by atoms with Crippen LogP contribution in [0, 0.1) is 29.4 Å². The highest BCUT2D eigenvalue weighted by molar-refractivity contribution is 5.65. The number of terminal acetylenes is 1. The van der Waals surface area contributed by atoms with E-state index >= 15 is 0 Å². The lowest BCUT2D eigenvalue weighted by Gasteiger charge is -2.10. The minimum absolute atomic E-state index is 0.0830. The molecule has 78 valence electrons. The number of para-hydroxylation sites is 1. The standard InChI is InChI=1S/C11H12N2O2/c1-4-9(3)12-10-7-5-6-8(2)11(10)13(14)15/h1,5-7,9,12H,2-3H3. The maximum absolute atomic E-state index is 10.8. The van der Waals surface area contributed by atoms with Crippen molar-refractivity contribution >= 4 is 11.4 Å². The average molecular weight is 204 g/mol. The van der Waals surface area contributed by atoms with Gasteiger partial charge in [0.25, 0.3) is 5.69 Å². The lowest BCUT2D eigenvalue weighted by atomic mass is 10.1. The number of nitrogens with one attached hydrogen (secondary N) is 1. The molecule has 0 saturated carbocycles. The van der Waals surface area contributed by atoms with Crippen LogP contribution in [-0.2, 0) is 0 Å². The first-order valence-electron chi connectivity index (χ1n) is 4.53. The van der Waals surface area contributed by atoms with Crippen molar-refractivity contribution in [2.24, 2.45) is 0 Å². The van der Waals surface area contributed by atoms with Gasteiger partial charge >= 0.3 is 0 Å². The molecule has 0 aliphatic carbocycles. The molecule has 0 spiro atoms. The monoisotopic (exact) mass is 204 g/mol. The molecule has 0 amide bonds. The summed E-state index contributed by atoms with van der Waals surface area (Å²) in [5.74, 6) is 2.47. The summed E-state index contributed by atoms with van der Waals surface area (Å²) in [6.45, 7) is 3.47. The SMILES string of the molecule is C#CC(C)Nc1cccc(C)c1[N+](=O)[O-]. The Kier molecular flexibility index (Phi) is 3.29. The molecule has 0 fully saturated rings. The Labute approximate surface area is 88.5 Å². The normalized spacial score (nSPS) is 11.5. The summed E-state index contributed by atoms with van der Waals surface area (Å²) in [6.07, 6.45) is 5.20. The van der Waals surface area contributed by atoms with Gasteiger partial charge in [-0.3, -0.25) is 10.1 Å². The molecule has 0 bridgehead atoms. The van der Waals surface area contributed by atoms with E-state index in [0.717, 1.165) is 0 Å². The predicted octanol–water partition coefficient (Wildman–Crippen LogP) is 2.34. The van der Waals surface area contributed by atoms with E-state index in [0.29, 0.717) is 11.3 Å². The number of benzene rings is 1. The molecule has 0 aromatic heterocycles. The van der Waals surface area contributed by atoms with E-state index in [1.807, 2.05) is 0 Å². The summed E-state index contributed by atoms with van der Waals surface area (Å²) in [6, 6.07) is 4.88. The summed E-state index contributed by atoms with van der Waals surface area (Å²) in [4.78, 5) is 10.4. The fraction of sp³-hybridized carbons (Fsp3) is 0.273. The number of aryl methyl sites for hydroxylation is 1. The molecular formula is C11H12N2O2. The summed E-state index contributed by atoms with van der Waals surface area (Å²) in [5.41, 5.74) is 1.17. The van der Waals surface area contributed by atoms with Gasteiger partial charge in [0.15, 0.2) is 0 Å². The molecule has 0 aliphatic heterocycles. The van der Waals surface area contributed by atoms with Crippen molar-refractivity contribution in [3.63, 3.8) is 0 Å². The molecule has 0 aliphatic rings. The van der Waals surface area contributed by atoms with Crippen LogP contribution >= 0.6 is 0 Å². The largest absolute Gasteiger partial charge is 0.366 e. The van der Waals surface area contributed by atoms with Gasteiger partial charge in [-0.15, -0.1) is 6.42 Å². The van der Waals surface area contributed by atoms with E-state index < -0.39 is 4.92 Å². The van der Waals surface area contributed by atoms with Gasteiger partial charge in [-0.05, 0) is 19.9 Å². The van der Waals surface area contributed by atoms with Crippen molar-refractivity contribution < 1.29 is 4.92 Å². The zero-order valence-corrected chi connectivity index (χ0v) is 8.65. The van der Waals surface area contributed by atoms with Crippen LogP contribution in [0.5, 0.6) is 0 Å². The van der Waals surface area contributed by atoms with E-state index in [1.165, 1.54) is 0 Å². The zero-order chi connectivity index (χ0) is 11.4. The number of hydrogen-bond acceptors (Lipinski definition) is 3.